The molecule has 9 heteroatoms. The minimum Gasteiger partial charge on any atom is -0.389 e. The summed E-state index contributed by atoms with van der Waals surface area (Å²) in [5, 5.41) is 19.8. The number of nitrogens with zero attached hydrogens (tertiary/aromatic N) is 2. The summed E-state index contributed by atoms with van der Waals surface area (Å²) < 4.78 is 1.33. The number of amides is 2. The van der Waals surface area contributed by atoms with Crippen molar-refractivity contribution >= 4 is 35.0 Å². The summed E-state index contributed by atoms with van der Waals surface area (Å²) in [6.07, 6.45) is -0.753. The van der Waals surface area contributed by atoms with E-state index in [4.69, 9.17) is 23.2 Å². The number of nitrogens with one attached hydrogen (secondary N) is 2. The molecular formula is C15H14Cl2N4O3. The average molecular weight is 369 g/mol. The van der Waals surface area contributed by atoms with Gasteiger partial charge in [0.2, 0.25) is 0 Å². The van der Waals surface area contributed by atoms with Gasteiger partial charge in [0.05, 0.1) is 22.7 Å². The van der Waals surface area contributed by atoms with E-state index in [1.54, 1.807) is 18.2 Å². The number of aromatic nitrogens is 2. The predicted octanol–water partition coefficient (Wildman–Crippen LogP) is 1.22. The van der Waals surface area contributed by atoms with Crippen molar-refractivity contribution in [3.8, 4) is 0 Å². The molecule has 1 aliphatic heterocycles. The maximum Gasteiger partial charge on any atom is 0.272 e. The molecule has 1 aliphatic rings. The summed E-state index contributed by atoms with van der Waals surface area (Å²) >= 11 is 12.0. The van der Waals surface area contributed by atoms with Crippen LogP contribution in [0.15, 0.2) is 24.3 Å². The van der Waals surface area contributed by atoms with Gasteiger partial charge in [-0.25, -0.2) is 0 Å². The monoisotopic (exact) mass is 368 g/mol. The van der Waals surface area contributed by atoms with Crippen LogP contribution in [0.3, 0.4) is 0 Å². The highest BCUT2D eigenvalue weighted by molar-refractivity contribution is 6.42. The molecule has 0 fully saturated rings. The van der Waals surface area contributed by atoms with Gasteiger partial charge in [0.15, 0.2) is 5.69 Å². The van der Waals surface area contributed by atoms with Gasteiger partial charge in [0.1, 0.15) is 5.69 Å². The summed E-state index contributed by atoms with van der Waals surface area (Å²) in [6.45, 7) is 0.466. The van der Waals surface area contributed by atoms with Crippen molar-refractivity contribution in [3.05, 3.63) is 51.3 Å². The zero-order chi connectivity index (χ0) is 17.3. The molecule has 1 aromatic heterocycles. The molecule has 0 saturated carbocycles. The van der Waals surface area contributed by atoms with Crippen molar-refractivity contribution in [1.82, 2.24) is 20.4 Å². The minimum atomic E-state index is -0.753. The van der Waals surface area contributed by atoms with Gasteiger partial charge in [-0.1, -0.05) is 35.3 Å². The summed E-state index contributed by atoms with van der Waals surface area (Å²) in [7, 11) is 0. The average Bonchev–Trinajstić information content (AvgIpc) is 2.92. The molecule has 3 N–H and O–H groups in total. The molecule has 126 valence electrons. The van der Waals surface area contributed by atoms with Crippen molar-refractivity contribution in [2.24, 2.45) is 0 Å². The Labute approximate surface area is 147 Å². The predicted molar refractivity (Wildman–Crippen MR) is 88.2 cm³/mol. The normalized spacial score (nSPS) is 17.0. The summed E-state index contributed by atoms with van der Waals surface area (Å²) in [6, 6.07) is 6.54. The number of benzene rings is 1. The van der Waals surface area contributed by atoms with E-state index in [-0.39, 0.29) is 36.9 Å². The second kappa shape index (κ2) is 6.80. The molecular weight excluding hydrogens is 355 g/mol. The zero-order valence-electron chi connectivity index (χ0n) is 12.4. The van der Waals surface area contributed by atoms with Gasteiger partial charge in [-0.15, -0.1) is 0 Å². The number of carbonyl (C=O) groups excluding carboxylic acids is 2. The number of β-amino-alcohol motifs (C(OH)–C–C–N with tert-alkyl or cyclic N) is 1. The largest absolute Gasteiger partial charge is 0.389 e. The van der Waals surface area contributed by atoms with Crippen molar-refractivity contribution in [1.29, 1.82) is 0 Å². The van der Waals surface area contributed by atoms with E-state index < -0.39 is 12.0 Å². The van der Waals surface area contributed by atoms with Crippen LogP contribution >= 0.6 is 23.2 Å². The topological polar surface area (TPSA) is 96.2 Å². The first-order valence-corrected chi connectivity index (χ1v) is 7.96. The minimum absolute atomic E-state index is 0.0902. The first-order valence-electron chi connectivity index (χ1n) is 7.21. The van der Waals surface area contributed by atoms with Crippen LogP contribution in [0.2, 0.25) is 10.0 Å². The molecule has 0 bridgehead atoms. The fourth-order valence-corrected chi connectivity index (χ4v) is 2.75. The van der Waals surface area contributed by atoms with Crippen LogP contribution in [0.1, 0.15) is 26.5 Å². The molecule has 0 saturated heterocycles. The number of halogens is 2. The van der Waals surface area contributed by atoms with E-state index in [0.717, 1.165) is 0 Å². The maximum atomic E-state index is 12.2. The van der Waals surface area contributed by atoms with Crippen LogP contribution in [-0.2, 0) is 13.1 Å². The molecule has 0 aliphatic carbocycles. The summed E-state index contributed by atoms with van der Waals surface area (Å²) in [5.41, 5.74) is 0.997. The molecule has 7 nitrogen and oxygen atoms in total. The van der Waals surface area contributed by atoms with Gasteiger partial charge < -0.3 is 15.7 Å². The smallest absolute Gasteiger partial charge is 0.272 e. The number of hydrogen-bond donors (Lipinski definition) is 3. The fraction of sp³-hybridized carbons (Fsp3) is 0.267. The van der Waals surface area contributed by atoms with E-state index in [1.807, 2.05) is 0 Å². The van der Waals surface area contributed by atoms with E-state index in [9.17, 15) is 14.7 Å². The Bertz CT molecular complexity index is 806. The van der Waals surface area contributed by atoms with Crippen molar-refractivity contribution < 1.29 is 14.7 Å². The maximum absolute atomic E-state index is 12.2. The van der Waals surface area contributed by atoms with Gasteiger partial charge in [0.25, 0.3) is 11.8 Å². The van der Waals surface area contributed by atoms with Gasteiger partial charge in [0, 0.05) is 19.2 Å². The standard InChI is InChI=1S/C15H14Cl2N4O3/c16-10-3-1-2-8(13(10)17)5-18-14(23)11-4-12-15(24)19-6-9(22)7-21(12)20-11/h1-4,9,22H,5-7H2,(H,18,23)(H,19,24)/t9-/m0/s1. The Morgan fingerprint density at radius 2 is 2.25 bits per heavy atom. The molecule has 0 spiro atoms. The van der Waals surface area contributed by atoms with Crippen LogP contribution < -0.4 is 10.6 Å². The third kappa shape index (κ3) is 3.38. The first-order chi connectivity index (χ1) is 11.5. The second-order valence-electron chi connectivity index (χ2n) is 5.36. The Balaban J connectivity index is 1.74. The highest BCUT2D eigenvalue weighted by atomic mass is 35.5. The molecule has 24 heavy (non-hydrogen) atoms. The van der Waals surface area contributed by atoms with Crippen LogP contribution in [-0.4, -0.2) is 39.4 Å². The highest BCUT2D eigenvalue weighted by Crippen LogP contribution is 2.25. The van der Waals surface area contributed by atoms with Crippen LogP contribution in [0, 0.1) is 0 Å². The van der Waals surface area contributed by atoms with Gasteiger partial charge in [-0.2, -0.15) is 5.10 Å². The quantitative estimate of drug-likeness (QED) is 0.758. The number of hydrogen-bond acceptors (Lipinski definition) is 4. The molecule has 3 rings (SSSR count). The molecule has 1 atom stereocenters. The number of carbonyl (C=O) groups is 2. The molecule has 2 heterocycles. The lowest BCUT2D eigenvalue weighted by molar-refractivity contribution is 0.0931. The van der Waals surface area contributed by atoms with Crippen LogP contribution in [0.25, 0.3) is 0 Å². The van der Waals surface area contributed by atoms with Gasteiger partial charge >= 0.3 is 0 Å². The number of fused-ring (bicyclic) bond motifs is 1. The SMILES string of the molecule is O=C(NCc1cccc(Cl)c1Cl)c1cc2n(n1)C[C@@H](O)CNC2=O. The number of rotatable bonds is 3. The Morgan fingerprint density at radius 1 is 1.46 bits per heavy atom. The zero-order valence-corrected chi connectivity index (χ0v) is 13.9. The fourth-order valence-electron chi connectivity index (χ4n) is 2.37. The van der Waals surface area contributed by atoms with Crippen LogP contribution in [0.5, 0.6) is 0 Å². The lowest BCUT2D eigenvalue weighted by atomic mass is 10.2. The van der Waals surface area contributed by atoms with E-state index >= 15 is 0 Å². The highest BCUT2D eigenvalue weighted by Gasteiger charge is 2.24. The van der Waals surface area contributed by atoms with Gasteiger partial charge in [-0.05, 0) is 11.6 Å². The molecule has 1 aromatic carbocycles. The number of aliphatic hydroxyl groups is 1. The third-order valence-electron chi connectivity index (χ3n) is 3.60. The van der Waals surface area contributed by atoms with E-state index in [2.05, 4.69) is 15.7 Å². The lowest BCUT2D eigenvalue weighted by Crippen LogP contribution is -2.30. The summed E-state index contributed by atoms with van der Waals surface area (Å²) in [4.78, 5) is 24.2. The lowest BCUT2D eigenvalue weighted by Gasteiger charge is -2.07. The summed E-state index contributed by atoms with van der Waals surface area (Å²) in [5.74, 6) is -0.829. The first kappa shape index (κ1) is 16.8. The Kier molecular flexibility index (Phi) is 4.75. The number of aliphatic hydroxyl groups excluding tert-OH is 1. The molecule has 2 amide bonds. The Hall–Kier alpha value is -2.09. The molecule has 0 unspecified atom stereocenters. The van der Waals surface area contributed by atoms with E-state index in [1.165, 1.54) is 10.7 Å². The molecule has 2 aromatic rings. The van der Waals surface area contributed by atoms with Crippen molar-refractivity contribution in [2.75, 3.05) is 6.54 Å². The molecule has 0 radical (unpaired) electrons. The Morgan fingerprint density at radius 3 is 3.04 bits per heavy atom. The van der Waals surface area contributed by atoms with E-state index in [0.29, 0.717) is 15.6 Å². The second-order valence-corrected chi connectivity index (χ2v) is 6.14. The third-order valence-corrected chi connectivity index (χ3v) is 4.46. The van der Waals surface area contributed by atoms with Crippen molar-refractivity contribution in [2.45, 2.75) is 19.2 Å². The van der Waals surface area contributed by atoms with Gasteiger partial charge in [-0.3, -0.25) is 14.3 Å². The van der Waals surface area contributed by atoms with Crippen LogP contribution in [0.4, 0.5) is 0 Å². The van der Waals surface area contributed by atoms with Crippen molar-refractivity contribution in [3.63, 3.8) is 0 Å².